The van der Waals surface area contributed by atoms with E-state index in [2.05, 4.69) is 0 Å². The number of hydrogen-bond acceptors (Lipinski definition) is 3. The third-order valence-electron chi connectivity index (χ3n) is 3.64. The van der Waals surface area contributed by atoms with Gasteiger partial charge in [-0.05, 0) is 44.6 Å². The van der Waals surface area contributed by atoms with Crippen LogP contribution < -0.4 is 0 Å². The summed E-state index contributed by atoms with van der Waals surface area (Å²) in [5, 5.41) is 10.5. The molecule has 1 N–H and O–H groups in total. The van der Waals surface area contributed by atoms with E-state index in [0.717, 1.165) is 12.1 Å². The highest BCUT2D eigenvalue weighted by atomic mass is 19.2. The number of amides is 1. The Morgan fingerprint density at radius 1 is 1.33 bits per heavy atom. The molecule has 6 heteroatoms. The summed E-state index contributed by atoms with van der Waals surface area (Å²) in [4.78, 5) is 15.7. The van der Waals surface area contributed by atoms with Gasteiger partial charge in [0.25, 0.3) is 5.91 Å². The predicted molar refractivity (Wildman–Crippen MR) is 74.5 cm³/mol. The second-order valence-corrected chi connectivity index (χ2v) is 5.85. The summed E-state index contributed by atoms with van der Waals surface area (Å²) < 4.78 is 26.1. The maximum Gasteiger partial charge on any atom is 0.256 e. The smallest absolute Gasteiger partial charge is 0.256 e. The van der Waals surface area contributed by atoms with Crippen LogP contribution in [0.5, 0.6) is 0 Å². The molecule has 21 heavy (non-hydrogen) atoms. The Bertz CT molecular complexity index is 536. The molecule has 1 heterocycles. The Labute approximate surface area is 123 Å². The van der Waals surface area contributed by atoms with Crippen LogP contribution in [0.4, 0.5) is 8.78 Å². The fourth-order valence-electron chi connectivity index (χ4n) is 2.74. The Morgan fingerprint density at radius 2 is 2.05 bits per heavy atom. The molecule has 0 aliphatic carbocycles. The number of likely N-dealkylation sites (N-methyl/N-ethyl adjacent to an activating group) is 1. The molecule has 1 aliphatic heterocycles. The maximum atomic E-state index is 13.2. The number of nitrogens with zero attached hydrogens (tertiary/aromatic N) is 2. The Balaban J connectivity index is 2.12. The van der Waals surface area contributed by atoms with E-state index in [0.29, 0.717) is 24.9 Å². The van der Waals surface area contributed by atoms with Gasteiger partial charge in [-0.15, -0.1) is 0 Å². The molecular formula is C15H20F2N2O2. The molecule has 1 unspecified atom stereocenters. The van der Waals surface area contributed by atoms with Crippen molar-refractivity contribution in [3.8, 4) is 0 Å². The van der Waals surface area contributed by atoms with Gasteiger partial charge in [0.2, 0.25) is 0 Å². The lowest BCUT2D eigenvalue weighted by molar-refractivity contribution is -0.159. The Morgan fingerprint density at radius 3 is 2.67 bits per heavy atom. The number of carbonyl (C=O) groups is 1. The van der Waals surface area contributed by atoms with Gasteiger partial charge in [0, 0.05) is 19.6 Å². The molecule has 1 fully saturated rings. The van der Waals surface area contributed by atoms with Gasteiger partial charge >= 0.3 is 0 Å². The van der Waals surface area contributed by atoms with Gasteiger partial charge < -0.3 is 14.9 Å². The fourth-order valence-corrected chi connectivity index (χ4v) is 2.74. The van der Waals surface area contributed by atoms with Crippen molar-refractivity contribution < 1.29 is 18.7 Å². The van der Waals surface area contributed by atoms with Gasteiger partial charge in [0.05, 0.1) is 0 Å². The molecule has 1 amide bonds. The predicted octanol–water partition coefficient (Wildman–Crippen LogP) is 1.38. The van der Waals surface area contributed by atoms with E-state index in [4.69, 9.17) is 0 Å². The first-order chi connectivity index (χ1) is 9.82. The molecule has 2 rings (SSSR count). The summed E-state index contributed by atoms with van der Waals surface area (Å²) in [6.07, 6.45) is 1.10. The van der Waals surface area contributed by atoms with Gasteiger partial charge in [-0.1, -0.05) is 6.07 Å². The lowest BCUT2D eigenvalue weighted by Gasteiger charge is -2.39. The van der Waals surface area contributed by atoms with Crippen molar-refractivity contribution in [2.45, 2.75) is 25.0 Å². The van der Waals surface area contributed by atoms with Crippen molar-refractivity contribution in [2.24, 2.45) is 0 Å². The van der Waals surface area contributed by atoms with E-state index in [1.165, 1.54) is 11.0 Å². The largest absolute Gasteiger partial charge is 0.379 e. The quantitative estimate of drug-likeness (QED) is 0.913. The SMILES string of the molecule is CN(C)CC1(O)CCCN(Cc2ccc(F)c(F)c2)C1=O. The van der Waals surface area contributed by atoms with Crippen LogP contribution in [0.25, 0.3) is 0 Å². The molecule has 1 saturated heterocycles. The normalized spacial score (nSPS) is 23.0. The minimum atomic E-state index is -1.40. The second kappa shape index (κ2) is 6.07. The van der Waals surface area contributed by atoms with Gasteiger partial charge in [-0.2, -0.15) is 0 Å². The molecule has 0 spiro atoms. The van der Waals surface area contributed by atoms with E-state index in [1.807, 2.05) is 0 Å². The molecule has 1 aliphatic rings. The molecule has 1 aromatic rings. The Kier molecular flexibility index (Phi) is 4.58. The van der Waals surface area contributed by atoms with Gasteiger partial charge in [0.1, 0.15) is 0 Å². The third-order valence-corrected chi connectivity index (χ3v) is 3.64. The van der Waals surface area contributed by atoms with Crippen molar-refractivity contribution in [1.29, 1.82) is 0 Å². The number of carbonyl (C=O) groups excluding carboxylic acids is 1. The number of benzene rings is 1. The molecule has 0 bridgehead atoms. The number of piperidine rings is 1. The van der Waals surface area contributed by atoms with Crippen molar-refractivity contribution in [3.63, 3.8) is 0 Å². The van der Waals surface area contributed by atoms with Crippen LogP contribution in [0.2, 0.25) is 0 Å². The maximum absolute atomic E-state index is 13.2. The summed E-state index contributed by atoms with van der Waals surface area (Å²) >= 11 is 0. The summed E-state index contributed by atoms with van der Waals surface area (Å²) in [5.41, 5.74) is -0.892. The van der Waals surface area contributed by atoms with Crippen LogP contribution in [-0.2, 0) is 11.3 Å². The highest BCUT2D eigenvalue weighted by molar-refractivity contribution is 5.86. The first kappa shape index (κ1) is 15.9. The second-order valence-electron chi connectivity index (χ2n) is 5.85. The zero-order chi connectivity index (χ0) is 15.6. The fraction of sp³-hybridized carbons (Fsp3) is 0.533. The minimum absolute atomic E-state index is 0.172. The molecule has 1 atom stereocenters. The molecule has 116 valence electrons. The molecule has 0 saturated carbocycles. The molecular weight excluding hydrogens is 278 g/mol. The third kappa shape index (κ3) is 3.57. The van der Waals surface area contributed by atoms with Crippen LogP contribution in [0.1, 0.15) is 18.4 Å². The summed E-state index contributed by atoms with van der Waals surface area (Å²) in [7, 11) is 3.58. The van der Waals surface area contributed by atoms with Crippen molar-refractivity contribution in [3.05, 3.63) is 35.4 Å². The van der Waals surface area contributed by atoms with Crippen LogP contribution in [-0.4, -0.2) is 53.6 Å². The van der Waals surface area contributed by atoms with Crippen LogP contribution in [0.3, 0.4) is 0 Å². The zero-order valence-electron chi connectivity index (χ0n) is 12.3. The Hall–Kier alpha value is -1.53. The molecule has 0 aromatic heterocycles. The molecule has 1 aromatic carbocycles. The standard InChI is InChI=1S/C15H20F2N2O2/c1-18(2)10-15(21)6-3-7-19(14(15)20)9-11-4-5-12(16)13(17)8-11/h4-5,8,21H,3,6-7,9-10H2,1-2H3. The van der Waals surface area contributed by atoms with Gasteiger partial charge in [0.15, 0.2) is 17.2 Å². The molecule has 0 radical (unpaired) electrons. The van der Waals surface area contributed by atoms with Gasteiger partial charge in [-0.25, -0.2) is 8.78 Å². The van der Waals surface area contributed by atoms with Crippen LogP contribution in [0.15, 0.2) is 18.2 Å². The van der Waals surface area contributed by atoms with E-state index >= 15 is 0 Å². The van der Waals surface area contributed by atoms with Crippen LogP contribution >= 0.6 is 0 Å². The first-order valence-electron chi connectivity index (χ1n) is 6.92. The number of halogens is 2. The van der Waals surface area contributed by atoms with E-state index < -0.39 is 17.2 Å². The number of rotatable bonds is 4. The topological polar surface area (TPSA) is 43.8 Å². The van der Waals surface area contributed by atoms with E-state index in [9.17, 15) is 18.7 Å². The summed E-state index contributed by atoms with van der Waals surface area (Å²) in [6.45, 7) is 0.930. The average molecular weight is 298 g/mol. The summed E-state index contributed by atoms with van der Waals surface area (Å²) in [6, 6.07) is 3.58. The number of likely N-dealkylation sites (tertiary alicyclic amines) is 1. The molecule has 4 nitrogen and oxygen atoms in total. The zero-order valence-corrected chi connectivity index (χ0v) is 12.3. The number of aliphatic hydroxyl groups is 1. The van der Waals surface area contributed by atoms with E-state index in [1.54, 1.807) is 19.0 Å². The minimum Gasteiger partial charge on any atom is -0.379 e. The average Bonchev–Trinajstić information content (AvgIpc) is 2.39. The van der Waals surface area contributed by atoms with E-state index in [-0.39, 0.29) is 19.0 Å². The lowest BCUT2D eigenvalue weighted by Crippen LogP contribution is -2.57. The highest BCUT2D eigenvalue weighted by Crippen LogP contribution is 2.25. The lowest BCUT2D eigenvalue weighted by atomic mass is 9.91. The van der Waals surface area contributed by atoms with Gasteiger partial charge in [-0.3, -0.25) is 4.79 Å². The number of hydrogen-bond donors (Lipinski definition) is 1. The highest BCUT2D eigenvalue weighted by Gasteiger charge is 2.42. The van der Waals surface area contributed by atoms with Crippen molar-refractivity contribution >= 4 is 5.91 Å². The van der Waals surface area contributed by atoms with Crippen molar-refractivity contribution in [1.82, 2.24) is 9.80 Å². The van der Waals surface area contributed by atoms with Crippen LogP contribution in [0, 0.1) is 11.6 Å². The van der Waals surface area contributed by atoms with Crippen molar-refractivity contribution in [2.75, 3.05) is 27.2 Å². The summed E-state index contributed by atoms with van der Waals surface area (Å²) in [5.74, 6) is -2.19. The monoisotopic (exact) mass is 298 g/mol. The first-order valence-corrected chi connectivity index (χ1v) is 6.92.